The maximum absolute atomic E-state index is 5.78. The van der Waals surface area contributed by atoms with Gasteiger partial charge < -0.3 is 4.74 Å². The first kappa shape index (κ1) is 5.72. The molecule has 1 unspecified atom stereocenters. The van der Waals surface area contributed by atoms with Crippen molar-refractivity contribution in [3.05, 3.63) is 0 Å². The van der Waals surface area contributed by atoms with E-state index < -0.39 is 0 Å². The molecule has 0 aromatic carbocycles. The fourth-order valence-electron chi connectivity index (χ4n) is 1.76. The highest BCUT2D eigenvalue weighted by atomic mass is 16.5. The smallest absolute Gasteiger partial charge is 0.0688 e. The van der Waals surface area contributed by atoms with Crippen LogP contribution >= 0.6 is 0 Å². The van der Waals surface area contributed by atoms with Crippen LogP contribution in [0.3, 0.4) is 0 Å². The minimum atomic E-state index is 0.400. The summed E-state index contributed by atoms with van der Waals surface area (Å²) in [7, 11) is 0. The summed E-state index contributed by atoms with van der Waals surface area (Å²) in [4.78, 5) is 0. The molecule has 0 N–H and O–H groups in total. The molecule has 9 heavy (non-hydrogen) atoms. The van der Waals surface area contributed by atoms with Gasteiger partial charge in [0, 0.05) is 0 Å². The van der Waals surface area contributed by atoms with E-state index in [0.29, 0.717) is 11.7 Å². The standard InChI is InChI=1S/C8H14O/c1-7-3-2-4-8(9-7)5-6-8/h7H,2-6H2,1H3. The van der Waals surface area contributed by atoms with Crippen molar-refractivity contribution < 1.29 is 4.74 Å². The third-order valence-corrected chi connectivity index (χ3v) is 2.50. The quantitative estimate of drug-likeness (QED) is 0.483. The van der Waals surface area contributed by atoms with Crippen molar-refractivity contribution >= 4 is 0 Å². The largest absolute Gasteiger partial charge is 0.372 e. The average Bonchev–Trinajstić information content (AvgIpc) is 2.49. The predicted molar refractivity (Wildman–Crippen MR) is 36.4 cm³/mol. The third kappa shape index (κ3) is 0.983. The molecular weight excluding hydrogens is 112 g/mol. The summed E-state index contributed by atoms with van der Waals surface area (Å²) >= 11 is 0. The van der Waals surface area contributed by atoms with Crippen LogP contribution in [0.15, 0.2) is 0 Å². The number of hydrogen-bond acceptors (Lipinski definition) is 1. The van der Waals surface area contributed by atoms with Crippen molar-refractivity contribution in [1.29, 1.82) is 0 Å². The minimum Gasteiger partial charge on any atom is -0.372 e. The maximum atomic E-state index is 5.78. The first-order valence-corrected chi connectivity index (χ1v) is 3.99. The minimum absolute atomic E-state index is 0.400. The SMILES string of the molecule is CC1CCCC2(CC2)O1. The maximum Gasteiger partial charge on any atom is 0.0688 e. The van der Waals surface area contributed by atoms with Gasteiger partial charge in [-0.05, 0) is 39.0 Å². The van der Waals surface area contributed by atoms with Crippen LogP contribution in [0, 0.1) is 0 Å². The van der Waals surface area contributed by atoms with E-state index in [1.165, 1.54) is 32.1 Å². The summed E-state index contributed by atoms with van der Waals surface area (Å²) in [5.41, 5.74) is 0.400. The molecule has 1 heterocycles. The van der Waals surface area contributed by atoms with E-state index in [2.05, 4.69) is 6.92 Å². The van der Waals surface area contributed by atoms with Crippen LogP contribution < -0.4 is 0 Å². The van der Waals surface area contributed by atoms with E-state index >= 15 is 0 Å². The van der Waals surface area contributed by atoms with Gasteiger partial charge in [-0.3, -0.25) is 0 Å². The molecule has 2 fully saturated rings. The Morgan fingerprint density at radius 1 is 1.33 bits per heavy atom. The van der Waals surface area contributed by atoms with Gasteiger partial charge in [0.25, 0.3) is 0 Å². The van der Waals surface area contributed by atoms with Crippen LogP contribution in [0.2, 0.25) is 0 Å². The van der Waals surface area contributed by atoms with E-state index in [1.54, 1.807) is 0 Å². The lowest BCUT2D eigenvalue weighted by atomic mass is 10.0. The zero-order valence-electron chi connectivity index (χ0n) is 6.02. The Kier molecular flexibility index (Phi) is 1.10. The van der Waals surface area contributed by atoms with E-state index in [0.717, 1.165) is 0 Å². The van der Waals surface area contributed by atoms with Gasteiger partial charge in [0.05, 0.1) is 11.7 Å². The molecule has 1 atom stereocenters. The normalized spacial score (nSPS) is 39.0. The van der Waals surface area contributed by atoms with Crippen molar-refractivity contribution in [3.8, 4) is 0 Å². The zero-order valence-corrected chi connectivity index (χ0v) is 6.02. The molecule has 0 amide bonds. The molecule has 1 aliphatic heterocycles. The van der Waals surface area contributed by atoms with E-state index in [-0.39, 0.29) is 0 Å². The molecule has 1 saturated heterocycles. The molecule has 0 bridgehead atoms. The Morgan fingerprint density at radius 2 is 2.11 bits per heavy atom. The second-order valence-corrected chi connectivity index (χ2v) is 3.50. The molecule has 1 heteroatoms. The molecule has 1 saturated carbocycles. The molecule has 52 valence electrons. The highest BCUT2D eigenvalue weighted by Crippen LogP contribution is 2.47. The first-order chi connectivity index (χ1) is 4.31. The molecule has 2 aliphatic rings. The summed E-state index contributed by atoms with van der Waals surface area (Å²) in [6.07, 6.45) is 7.20. The van der Waals surface area contributed by atoms with Gasteiger partial charge in [-0.25, -0.2) is 0 Å². The molecular formula is C8H14O. The first-order valence-electron chi connectivity index (χ1n) is 3.99. The average molecular weight is 126 g/mol. The van der Waals surface area contributed by atoms with Crippen molar-refractivity contribution in [1.82, 2.24) is 0 Å². The van der Waals surface area contributed by atoms with E-state index in [9.17, 15) is 0 Å². The fraction of sp³-hybridized carbons (Fsp3) is 1.00. The highest BCUT2D eigenvalue weighted by Gasteiger charge is 2.46. The Labute approximate surface area is 56.4 Å². The lowest BCUT2D eigenvalue weighted by Crippen LogP contribution is -2.26. The molecule has 1 aliphatic carbocycles. The molecule has 1 nitrogen and oxygen atoms in total. The Bertz CT molecular complexity index is 116. The third-order valence-electron chi connectivity index (χ3n) is 2.50. The van der Waals surface area contributed by atoms with Crippen molar-refractivity contribution in [2.45, 2.75) is 50.7 Å². The van der Waals surface area contributed by atoms with Crippen LogP contribution in [0.5, 0.6) is 0 Å². The van der Waals surface area contributed by atoms with Gasteiger partial charge in [0.2, 0.25) is 0 Å². The molecule has 0 aromatic rings. The molecule has 2 rings (SSSR count). The monoisotopic (exact) mass is 126 g/mol. The van der Waals surface area contributed by atoms with Gasteiger partial charge in [-0.1, -0.05) is 0 Å². The summed E-state index contributed by atoms with van der Waals surface area (Å²) in [5.74, 6) is 0. The lowest BCUT2D eigenvalue weighted by molar-refractivity contribution is -0.0575. The highest BCUT2D eigenvalue weighted by molar-refractivity contribution is 4.98. The van der Waals surface area contributed by atoms with Crippen LogP contribution in [0.4, 0.5) is 0 Å². The fourth-order valence-corrected chi connectivity index (χ4v) is 1.76. The second-order valence-electron chi connectivity index (χ2n) is 3.50. The van der Waals surface area contributed by atoms with Gasteiger partial charge in [-0.15, -0.1) is 0 Å². The number of hydrogen-bond donors (Lipinski definition) is 0. The Hall–Kier alpha value is -0.0400. The Balaban J connectivity index is 1.96. The lowest BCUT2D eigenvalue weighted by Gasteiger charge is -2.27. The summed E-state index contributed by atoms with van der Waals surface area (Å²) < 4.78 is 5.78. The van der Waals surface area contributed by atoms with Crippen molar-refractivity contribution in [2.24, 2.45) is 0 Å². The summed E-state index contributed by atoms with van der Waals surface area (Å²) in [5, 5.41) is 0. The molecule has 1 spiro atoms. The van der Waals surface area contributed by atoms with Crippen molar-refractivity contribution in [3.63, 3.8) is 0 Å². The van der Waals surface area contributed by atoms with Gasteiger partial charge in [0.15, 0.2) is 0 Å². The second kappa shape index (κ2) is 1.72. The summed E-state index contributed by atoms with van der Waals surface area (Å²) in [6.45, 7) is 2.19. The molecule has 0 radical (unpaired) electrons. The van der Waals surface area contributed by atoms with Gasteiger partial charge >= 0.3 is 0 Å². The van der Waals surface area contributed by atoms with Crippen LogP contribution in [0.1, 0.15) is 39.0 Å². The topological polar surface area (TPSA) is 9.23 Å². The summed E-state index contributed by atoms with van der Waals surface area (Å²) in [6, 6.07) is 0. The van der Waals surface area contributed by atoms with Gasteiger partial charge in [0.1, 0.15) is 0 Å². The van der Waals surface area contributed by atoms with Crippen LogP contribution in [-0.4, -0.2) is 11.7 Å². The Morgan fingerprint density at radius 3 is 2.56 bits per heavy atom. The zero-order chi connectivity index (χ0) is 6.32. The number of ether oxygens (including phenoxy) is 1. The van der Waals surface area contributed by atoms with Crippen LogP contribution in [-0.2, 0) is 4.74 Å². The van der Waals surface area contributed by atoms with Gasteiger partial charge in [-0.2, -0.15) is 0 Å². The number of rotatable bonds is 0. The van der Waals surface area contributed by atoms with Crippen molar-refractivity contribution in [2.75, 3.05) is 0 Å². The molecule has 0 aromatic heterocycles. The van der Waals surface area contributed by atoms with E-state index in [4.69, 9.17) is 4.74 Å². The van der Waals surface area contributed by atoms with Crippen LogP contribution in [0.25, 0.3) is 0 Å². The van der Waals surface area contributed by atoms with E-state index in [1.807, 2.05) is 0 Å². The predicted octanol–water partition coefficient (Wildman–Crippen LogP) is 2.11.